The molecule has 0 aliphatic carbocycles. The highest BCUT2D eigenvalue weighted by molar-refractivity contribution is 9.10. The minimum atomic E-state index is -0.939. The number of ether oxygens (including phenoxy) is 1. The first kappa shape index (κ1) is 13.1. The van der Waals surface area contributed by atoms with Crippen molar-refractivity contribution in [2.24, 2.45) is 0 Å². The lowest BCUT2D eigenvalue weighted by molar-refractivity contribution is 0.213. The number of hydrogen-bond donors (Lipinski definition) is 1. The second-order valence-electron chi connectivity index (χ2n) is 3.79. The van der Waals surface area contributed by atoms with E-state index in [1.165, 1.54) is 13.2 Å². The summed E-state index contributed by atoms with van der Waals surface area (Å²) in [4.78, 5) is 0. The molecule has 2 nitrogen and oxygen atoms in total. The molecule has 0 aliphatic rings. The molecule has 0 fully saturated rings. The Hall–Kier alpha value is -1.39. The Morgan fingerprint density at radius 1 is 1.11 bits per heavy atom. The van der Waals surface area contributed by atoms with Gasteiger partial charge in [0.25, 0.3) is 0 Å². The molecule has 0 aromatic heterocycles. The normalized spacial score (nSPS) is 12.2. The predicted molar refractivity (Wildman–Crippen MR) is 71.2 cm³/mol. The van der Waals surface area contributed by atoms with Crippen molar-refractivity contribution >= 4 is 15.9 Å². The maximum absolute atomic E-state index is 13.4. The molecular weight excluding hydrogens is 299 g/mol. The highest BCUT2D eigenvalue weighted by Crippen LogP contribution is 2.34. The summed E-state index contributed by atoms with van der Waals surface area (Å²) in [6.45, 7) is 0. The Kier molecular flexibility index (Phi) is 3.99. The van der Waals surface area contributed by atoms with E-state index in [4.69, 9.17) is 4.74 Å². The molecule has 2 aromatic rings. The highest BCUT2D eigenvalue weighted by Gasteiger charge is 2.18. The quantitative estimate of drug-likeness (QED) is 0.937. The first-order valence-corrected chi connectivity index (χ1v) is 6.19. The van der Waals surface area contributed by atoms with E-state index in [0.29, 0.717) is 16.9 Å². The number of aliphatic hydroxyl groups is 1. The molecule has 1 N–H and O–H groups in total. The van der Waals surface area contributed by atoms with Crippen LogP contribution in [0.15, 0.2) is 46.9 Å². The van der Waals surface area contributed by atoms with Gasteiger partial charge in [-0.1, -0.05) is 30.3 Å². The Balaban J connectivity index is 2.48. The fourth-order valence-electron chi connectivity index (χ4n) is 1.79. The lowest BCUT2D eigenvalue weighted by atomic mass is 10.0. The summed E-state index contributed by atoms with van der Waals surface area (Å²) in [6.07, 6.45) is -0.939. The average Bonchev–Trinajstić information content (AvgIpc) is 2.41. The fraction of sp³-hybridized carbons (Fsp3) is 0.143. The fourth-order valence-corrected chi connectivity index (χ4v) is 2.27. The number of rotatable bonds is 3. The lowest BCUT2D eigenvalue weighted by Crippen LogP contribution is -2.03. The second kappa shape index (κ2) is 5.50. The Morgan fingerprint density at radius 2 is 1.78 bits per heavy atom. The minimum absolute atomic E-state index is 0.267. The van der Waals surface area contributed by atoms with E-state index in [2.05, 4.69) is 15.9 Å². The molecule has 0 bridgehead atoms. The van der Waals surface area contributed by atoms with Crippen LogP contribution in [0.5, 0.6) is 5.75 Å². The molecule has 4 heteroatoms. The molecule has 18 heavy (non-hydrogen) atoms. The second-order valence-corrected chi connectivity index (χ2v) is 4.58. The molecule has 0 saturated carbocycles. The number of benzene rings is 2. The summed E-state index contributed by atoms with van der Waals surface area (Å²) in [6, 6.07) is 11.7. The third-order valence-corrected chi connectivity index (χ3v) is 3.55. The van der Waals surface area contributed by atoms with Crippen LogP contribution in [0.2, 0.25) is 0 Å². The Bertz CT molecular complexity index is 557. The number of para-hydroxylation sites is 1. The SMILES string of the molecule is COc1ccccc1C(O)c1cccc(F)c1Br. The van der Waals surface area contributed by atoms with Gasteiger partial charge in [-0.25, -0.2) is 4.39 Å². The minimum Gasteiger partial charge on any atom is -0.496 e. The number of halogens is 2. The zero-order valence-corrected chi connectivity index (χ0v) is 11.3. The third-order valence-electron chi connectivity index (χ3n) is 2.71. The van der Waals surface area contributed by atoms with Gasteiger partial charge in [0.05, 0.1) is 11.6 Å². The molecule has 2 rings (SSSR count). The average molecular weight is 311 g/mol. The number of aliphatic hydroxyl groups excluding tert-OH is 1. The third kappa shape index (κ3) is 2.40. The van der Waals surface area contributed by atoms with Gasteiger partial charge in [-0.3, -0.25) is 0 Å². The molecule has 0 spiro atoms. The summed E-state index contributed by atoms with van der Waals surface area (Å²) in [5.41, 5.74) is 1.07. The zero-order valence-electron chi connectivity index (χ0n) is 9.73. The van der Waals surface area contributed by atoms with E-state index in [9.17, 15) is 9.50 Å². The van der Waals surface area contributed by atoms with E-state index in [0.717, 1.165) is 0 Å². The Labute approximate surface area is 113 Å². The molecule has 2 aromatic carbocycles. The van der Waals surface area contributed by atoms with Crippen LogP contribution in [0.1, 0.15) is 17.2 Å². The van der Waals surface area contributed by atoms with E-state index < -0.39 is 11.9 Å². The van der Waals surface area contributed by atoms with Crippen molar-refractivity contribution in [3.05, 3.63) is 63.9 Å². The van der Waals surface area contributed by atoms with E-state index in [1.807, 2.05) is 6.07 Å². The summed E-state index contributed by atoms with van der Waals surface area (Å²) >= 11 is 3.15. The van der Waals surface area contributed by atoms with Gasteiger partial charge in [-0.15, -0.1) is 0 Å². The van der Waals surface area contributed by atoms with E-state index >= 15 is 0 Å². The van der Waals surface area contributed by atoms with Crippen molar-refractivity contribution in [2.45, 2.75) is 6.10 Å². The van der Waals surface area contributed by atoms with Crippen LogP contribution >= 0.6 is 15.9 Å². The van der Waals surface area contributed by atoms with Gasteiger partial charge in [-0.2, -0.15) is 0 Å². The molecule has 0 radical (unpaired) electrons. The van der Waals surface area contributed by atoms with Crippen LogP contribution in [0.4, 0.5) is 4.39 Å². The van der Waals surface area contributed by atoms with Crippen molar-refractivity contribution < 1.29 is 14.2 Å². The molecule has 94 valence electrons. The first-order chi connectivity index (χ1) is 8.65. The molecule has 0 aliphatic heterocycles. The van der Waals surface area contributed by atoms with Crippen LogP contribution in [-0.4, -0.2) is 12.2 Å². The summed E-state index contributed by atoms with van der Waals surface area (Å²) in [5.74, 6) is 0.169. The lowest BCUT2D eigenvalue weighted by Gasteiger charge is -2.16. The standard InChI is InChI=1S/C14H12BrFO2/c1-18-12-8-3-2-5-9(12)14(17)10-6-4-7-11(16)13(10)15/h2-8,14,17H,1H3. The van der Waals surface area contributed by atoms with Crippen LogP contribution in [0, 0.1) is 5.82 Å². The molecule has 0 heterocycles. The maximum atomic E-state index is 13.4. The molecule has 0 amide bonds. The van der Waals surface area contributed by atoms with Crippen LogP contribution in [-0.2, 0) is 0 Å². The van der Waals surface area contributed by atoms with Gasteiger partial charge in [0, 0.05) is 11.1 Å². The summed E-state index contributed by atoms with van der Waals surface area (Å²) in [5, 5.41) is 10.3. The molecule has 1 unspecified atom stereocenters. The van der Waals surface area contributed by atoms with Gasteiger partial charge in [0.1, 0.15) is 17.7 Å². The molecule has 1 atom stereocenters. The van der Waals surface area contributed by atoms with Crippen molar-refractivity contribution in [3.63, 3.8) is 0 Å². The monoisotopic (exact) mass is 310 g/mol. The maximum Gasteiger partial charge on any atom is 0.137 e. The largest absolute Gasteiger partial charge is 0.496 e. The number of methoxy groups -OCH3 is 1. The van der Waals surface area contributed by atoms with Crippen LogP contribution < -0.4 is 4.74 Å². The van der Waals surface area contributed by atoms with Crippen molar-refractivity contribution in [1.82, 2.24) is 0 Å². The van der Waals surface area contributed by atoms with Crippen molar-refractivity contribution in [3.8, 4) is 5.75 Å². The van der Waals surface area contributed by atoms with Crippen LogP contribution in [0.3, 0.4) is 0 Å². The van der Waals surface area contributed by atoms with Crippen LogP contribution in [0.25, 0.3) is 0 Å². The van der Waals surface area contributed by atoms with Crippen molar-refractivity contribution in [2.75, 3.05) is 7.11 Å². The highest BCUT2D eigenvalue weighted by atomic mass is 79.9. The first-order valence-electron chi connectivity index (χ1n) is 5.40. The Morgan fingerprint density at radius 3 is 2.50 bits per heavy atom. The van der Waals surface area contributed by atoms with Gasteiger partial charge < -0.3 is 9.84 Å². The van der Waals surface area contributed by atoms with Gasteiger partial charge in [0.15, 0.2) is 0 Å². The number of hydrogen-bond acceptors (Lipinski definition) is 2. The smallest absolute Gasteiger partial charge is 0.137 e. The topological polar surface area (TPSA) is 29.5 Å². The van der Waals surface area contributed by atoms with Gasteiger partial charge >= 0.3 is 0 Å². The van der Waals surface area contributed by atoms with Gasteiger partial charge in [-0.05, 0) is 28.1 Å². The molecular formula is C14H12BrFO2. The summed E-state index contributed by atoms with van der Waals surface area (Å²) in [7, 11) is 1.53. The summed E-state index contributed by atoms with van der Waals surface area (Å²) < 4.78 is 18.9. The zero-order chi connectivity index (χ0) is 13.1. The predicted octanol–water partition coefficient (Wildman–Crippen LogP) is 3.68. The van der Waals surface area contributed by atoms with Crippen molar-refractivity contribution in [1.29, 1.82) is 0 Å². The van der Waals surface area contributed by atoms with E-state index in [-0.39, 0.29) is 4.47 Å². The van der Waals surface area contributed by atoms with E-state index in [1.54, 1.807) is 30.3 Å². The van der Waals surface area contributed by atoms with Gasteiger partial charge in [0.2, 0.25) is 0 Å². The molecule has 0 saturated heterocycles.